The van der Waals surface area contributed by atoms with Crippen LogP contribution in [0.1, 0.15) is 11.1 Å². The third kappa shape index (κ3) is 3.00. The van der Waals surface area contributed by atoms with Crippen LogP contribution >= 0.6 is 0 Å². The van der Waals surface area contributed by atoms with Gasteiger partial charge in [0.15, 0.2) is 0 Å². The number of benzene rings is 1. The average molecular weight is 283 g/mol. The summed E-state index contributed by atoms with van der Waals surface area (Å²) in [5, 5.41) is 11.8. The Labute approximate surface area is 113 Å². The molecule has 0 amide bonds. The number of aromatic nitrogens is 1. The SMILES string of the molecule is Nc1cc(Nc2ccccc2CO)c(C(F)(F)F)cn1. The molecule has 0 aliphatic rings. The molecular weight excluding hydrogens is 271 g/mol. The minimum absolute atomic E-state index is 0.0259. The van der Waals surface area contributed by atoms with E-state index in [1.165, 1.54) is 0 Å². The van der Waals surface area contributed by atoms with E-state index in [2.05, 4.69) is 10.3 Å². The highest BCUT2D eigenvalue weighted by Crippen LogP contribution is 2.36. The fraction of sp³-hybridized carbons (Fsp3) is 0.154. The summed E-state index contributed by atoms with van der Waals surface area (Å²) in [7, 11) is 0. The zero-order chi connectivity index (χ0) is 14.8. The zero-order valence-corrected chi connectivity index (χ0v) is 10.3. The predicted molar refractivity (Wildman–Crippen MR) is 69.3 cm³/mol. The van der Waals surface area contributed by atoms with Crippen LogP contribution in [0.3, 0.4) is 0 Å². The highest BCUT2D eigenvalue weighted by Gasteiger charge is 2.34. The Morgan fingerprint density at radius 1 is 1.20 bits per heavy atom. The van der Waals surface area contributed by atoms with E-state index in [1.807, 2.05) is 0 Å². The molecule has 4 N–H and O–H groups in total. The maximum Gasteiger partial charge on any atom is 0.419 e. The lowest BCUT2D eigenvalue weighted by molar-refractivity contribution is -0.137. The maximum atomic E-state index is 12.9. The van der Waals surface area contributed by atoms with Crippen molar-refractivity contribution in [1.29, 1.82) is 0 Å². The van der Waals surface area contributed by atoms with Gasteiger partial charge in [-0.3, -0.25) is 0 Å². The van der Waals surface area contributed by atoms with Gasteiger partial charge in [-0.2, -0.15) is 13.2 Å². The summed E-state index contributed by atoms with van der Waals surface area (Å²) < 4.78 is 38.7. The summed E-state index contributed by atoms with van der Waals surface area (Å²) in [6.45, 7) is -0.287. The van der Waals surface area contributed by atoms with Gasteiger partial charge < -0.3 is 16.2 Å². The van der Waals surface area contributed by atoms with Crippen LogP contribution < -0.4 is 11.1 Å². The van der Waals surface area contributed by atoms with Crippen molar-refractivity contribution in [2.24, 2.45) is 0 Å². The van der Waals surface area contributed by atoms with Crippen LogP contribution in [0.25, 0.3) is 0 Å². The Morgan fingerprint density at radius 3 is 2.55 bits per heavy atom. The molecule has 106 valence electrons. The van der Waals surface area contributed by atoms with Crippen LogP contribution in [0.4, 0.5) is 30.4 Å². The number of hydrogen-bond acceptors (Lipinski definition) is 4. The second kappa shape index (κ2) is 5.38. The molecule has 0 saturated carbocycles. The molecule has 1 aromatic carbocycles. The van der Waals surface area contributed by atoms with Crippen molar-refractivity contribution in [3.8, 4) is 0 Å². The first kappa shape index (κ1) is 14.1. The first-order valence-corrected chi connectivity index (χ1v) is 5.70. The van der Waals surface area contributed by atoms with E-state index >= 15 is 0 Å². The normalized spacial score (nSPS) is 11.4. The first-order chi connectivity index (χ1) is 9.41. The van der Waals surface area contributed by atoms with Crippen LogP contribution in [0.15, 0.2) is 36.5 Å². The number of nitrogens with two attached hydrogens (primary N) is 1. The average Bonchev–Trinajstić information content (AvgIpc) is 2.38. The van der Waals surface area contributed by atoms with Crippen molar-refractivity contribution in [2.45, 2.75) is 12.8 Å². The summed E-state index contributed by atoms with van der Waals surface area (Å²) in [6, 6.07) is 7.63. The molecule has 0 spiro atoms. The number of nitrogens with one attached hydrogen (secondary N) is 1. The lowest BCUT2D eigenvalue weighted by Gasteiger charge is -2.16. The molecule has 0 aliphatic heterocycles. The van der Waals surface area contributed by atoms with Crippen LogP contribution in [0.5, 0.6) is 0 Å². The Morgan fingerprint density at radius 2 is 1.90 bits per heavy atom. The number of pyridine rings is 1. The predicted octanol–water partition coefficient (Wildman–Crippen LogP) is 2.92. The number of hydrogen-bond donors (Lipinski definition) is 3. The molecule has 0 saturated heterocycles. The Kier molecular flexibility index (Phi) is 3.80. The van der Waals surface area contributed by atoms with Crippen molar-refractivity contribution in [3.05, 3.63) is 47.7 Å². The molecule has 0 radical (unpaired) electrons. The van der Waals surface area contributed by atoms with E-state index in [9.17, 15) is 18.3 Å². The molecule has 0 atom stereocenters. The highest BCUT2D eigenvalue weighted by atomic mass is 19.4. The van der Waals surface area contributed by atoms with Crippen LogP contribution in [-0.2, 0) is 12.8 Å². The van der Waals surface area contributed by atoms with E-state index in [0.717, 1.165) is 6.07 Å². The van der Waals surface area contributed by atoms with E-state index in [4.69, 9.17) is 5.73 Å². The van der Waals surface area contributed by atoms with Crippen molar-refractivity contribution in [3.63, 3.8) is 0 Å². The molecule has 0 bridgehead atoms. The molecule has 0 unspecified atom stereocenters. The zero-order valence-electron chi connectivity index (χ0n) is 10.3. The van der Waals surface area contributed by atoms with Crippen molar-refractivity contribution in [2.75, 3.05) is 11.1 Å². The molecule has 0 aliphatic carbocycles. The van der Waals surface area contributed by atoms with Gasteiger partial charge in [-0.15, -0.1) is 0 Å². The smallest absolute Gasteiger partial charge is 0.392 e. The number of alkyl halides is 3. The summed E-state index contributed by atoms with van der Waals surface area (Å²) >= 11 is 0. The lowest BCUT2D eigenvalue weighted by atomic mass is 10.1. The number of nitrogen functional groups attached to an aromatic ring is 1. The van der Waals surface area contributed by atoms with Crippen molar-refractivity contribution < 1.29 is 18.3 Å². The summed E-state index contributed by atoms with van der Waals surface area (Å²) in [5.74, 6) is -0.0259. The number of anilines is 3. The Bertz CT molecular complexity index is 614. The molecule has 0 fully saturated rings. The fourth-order valence-electron chi connectivity index (χ4n) is 1.73. The first-order valence-electron chi connectivity index (χ1n) is 5.70. The van der Waals surface area contributed by atoms with Gasteiger partial charge in [0, 0.05) is 23.5 Å². The second-order valence-electron chi connectivity index (χ2n) is 4.09. The topological polar surface area (TPSA) is 71.2 Å². The van der Waals surface area contributed by atoms with Gasteiger partial charge in [-0.1, -0.05) is 18.2 Å². The number of rotatable bonds is 3. The Hall–Kier alpha value is -2.28. The monoisotopic (exact) mass is 283 g/mol. The third-order valence-electron chi connectivity index (χ3n) is 2.69. The van der Waals surface area contributed by atoms with Gasteiger partial charge in [0.05, 0.1) is 17.9 Å². The molecule has 4 nitrogen and oxygen atoms in total. The second-order valence-corrected chi connectivity index (χ2v) is 4.09. The minimum atomic E-state index is -4.54. The van der Waals surface area contributed by atoms with Gasteiger partial charge >= 0.3 is 6.18 Å². The van der Waals surface area contributed by atoms with Gasteiger partial charge in [0.2, 0.25) is 0 Å². The molecule has 2 rings (SSSR count). The highest BCUT2D eigenvalue weighted by molar-refractivity contribution is 5.68. The van der Waals surface area contributed by atoms with Gasteiger partial charge in [0.25, 0.3) is 0 Å². The third-order valence-corrected chi connectivity index (χ3v) is 2.69. The summed E-state index contributed by atoms with van der Waals surface area (Å²) in [4.78, 5) is 3.46. The molecule has 2 aromatic rings. The number of aliphatic hydroxyl groups excluding tert-OH is 1. The standard InChI is InChI=1S/C13H12F3N3O/c14-13(15,16)9-6-18-12(17)5-11(9)19-10-4-2-1-3-8(10)7-20/h1-6,20H,7H2,(H3,17,18,19). The lowest BCUT2D eigenvalue weighted by Crippen LogP contribution is -2.11. The van der Waals surface area contributed by atoms with Gasteiger partial charge in [-0.05, 0) is 6.07 Å². The molecule has 1 heterocycles. The minimum Gasteiger partial charge on any atom is -0.392 e. The quantitative estimate of drug-likeness (QED) is 0.810. The van der Waals surface area contributed by atoms with E-state index in [1.54, 1.807) is 24.3 Å². The number of aliphatic hydroxyl groups is 1. The fourth-order valence-corrected chi connectivity index (χ4v) is 1.73. The van der Waals surface area contributed by atoms with Gasteiger partial charge in [0.1, 0.15) is 5.82 Å². The Balaban J connectivity index is 2.45. The van der Waals surface area contributed by atoms with E-state index in [-0.39, 0.29) is 18.1 Å². The molecule has 20 heavy (non-hydrogen) atoms. The summed E-state index contributed by atoms with van der Waals surface area (Å²) in [6.07, 6.45) is -3.86. The number of nitrogens with zero attached hydrogens (tertiary/aromatic N) is 1. The van der Waals surface area contributed by atoms with E-state index in [0.29, 0.717) is 17.4 Å². The van der Waals surface area contributed by atoms with Crippen LogP contribution in [0, 0.1) is 0 Å². The molecular formula is C13H12F3N3O. The van der Waals surface area contributed by atoms with Crippen LogP contribution in [0.2, 0.25) is 0 Å². The van der Waals surface area contributed by atoms with E-state index < -0.39 is 11.7 Å². The molecule has 7 heteroatoms. The molecule has 1 aromatic heterocycles. The number of halogens is 3. The van der Waals surface area contributed by atoms with Gasteiger partial charge in [-0.25, -0.2) is 4.98 Å². The summed E-state index contributed by atoms with van der Waals surface area (Å²) in [5.41, 5.74) is 5.17. The largest absolute Gasteiger partial charge is 0.419 e. The number of para-hydroxylation sites is 1. The van der Waals surface area contributed by atoms with Crippen LogP contribution in [-0.4, -0.2) is 10.1 Å². The maximum absolute atomic E-state index is 12.9. The van der Waals surface area contributed by atoms with Crippen molar-refractivity contribution in [1.82, 2.24) is 4.98 Å². The van der Waals surface area contributed by atoms with Crippen molar-refractivity contribution >= 4 is 17.2 Å².